The number of aliphatic imine (C=N–C) groups is 2. The molecule has 4 nitrogen and oxygen atoms in total. The molecule has 1 aliphatic rings. The van der Waals surface area contributed by atoms with Crippen LogP contribution in [0.3, 0.4) is 0 Å². The average molecular weight is 763 g/mol. The summed E-state index contributed by atoms with van der Waals surface area (Å²) in [5.41, 5.74) is 13.8. The minimum Gasteiger partial charge on any atom is -0.344 e. The maximum atomic E-state index is 5.10. The molecule has 7 aromatic carbocycles. The lowest BCUT2D eigenvalue weighted by Gasteiger charge is -2.33. The van der Waals surface area contributed by atoms with Crippen LogP contribution >= 0.6 is 0 Å². The van der Waals surface area contributed by atoms with E-state index < -0.39 is 0 Å². The van der Waals surface area contributed by atoms with Gasteiger partial charge in [-0.25, -0.2) is 9.98 Å². The Morgan fingerprint density at radius 2 is 1.27 bits per heavy atom. The number of hydrogen-bond donors (Lipinski definition) is 0. The molecule has 1 atom stereocenters. The molecule has 4 heteroatoms. The van der Waals surface area contributed by atoms with Crippen molar-refractivity contribution in [1.29, 1.82) is 0 Å². The zero-order chi connectivity index (χ0) is 40.3. The van der Waals surface area contributed by atoms with Gasteiger partial charge in [0.1, 0.15) is 0 Å². The van der Waals surface area contributed by atoms with Gasteiger partial charge in [-0.1, -0.05) is 171 Å². The predicted molar refractivity (Wildman–Crippen MR) is 251 cm³/mol. The van der Waals surface area contributed by atoms with Gasteiger partial charge in [0.05, 0.1) is 16.7 Å². The van der Waals surface area contributed by atoms with Gasteiger partial charge in [-0.05, 0) is 83.6 Å². The molecule has 9 rings (SSSR count). The van der Waals surface area contributed by atoms with E-state index in [1.807, 2.05) is 55.5 Å². The number of anilines is 2. The molecule has 0 N–H and O–H groups in total. The first-order chi connectivity index (χ1) is 28.9. The molecule has 0 radical (unpaired) electrons. The van der Waals surface area contributed by atoms with Gasteiger partial charge < -0.3 is 9.47 Å². The number of allylic oxidation sites excluding steroid dienone is 2. The largest absolute Gasteiger partial charge is 0.344 e. The summed E-state index contributed by atoms with van der Waals surface area (Å²) in [5.74, 6) is 0.656. The van der Waals surface area contributed by atoms with Crippen molar-refractivity contribution in [2.75, 3.05) is 11.9 Å². The zero-order valence-corrected chi connectivity index (χ0v) is 33.8. The molecule has 8 aromatic rings. The van der Waals surface area contributed by atoms with E-state index in [2.05, 4.69) is 182 Å². The Balaban J connectivity index is 1.03. The first kappa shape index (κ1) is 37.3. The van der Waals surface area contributed by atoms with E-state index >= 15 is 0 Å². The molecule has 0 aliphatic heterocycles. The Morgan fingerprint density at radius 3 is 2.02 bits per heavy atom. The summed E-state index contributed by atoms with van der Waals surface area (Å²) < 4.78 is 2.38. The molecule has 1 aliphatic carbocycles. The molecule has 0 amide bonds. The van der Waals surface area contributed by atoms with Crippen molar-refractivity contribution in [2.45, 2.75) is 25.7 Å². The average Bonchev–Trinajstić information content (AvgIpc) is 3.63. The number of amidine groups is 1. The van der Waals surface area contributed by atoms with Gasteiger partial charge in [0.2, 0.25) is 0 Å². The molecular formula is C55H46N4. The zero-order valence-electron chi connectivity index (χ0n) is 33.8. The van der Waals surface area contributed by atoms with Gasteiger partial charge in [0, 0.05) is 51.6 Å². The number of aromatic nitrogens is 1. The van der Waals surface area contributed by atoms with Crippen LogP contribution in [-0.4, -0.2) is 23.2 Å². The van der Waals surface area contributed by atoms with Crippen LogP contribution in [0.4, 0.5) is 11.4 Å². The standard InChI is InChI=1S/C55H46N4/c1-39(41-19-8-5-9-20-41)56-54(57-40(2)42-21-10-6-11-22-42)43-33-35-55(3,36-34-43)50-28-15-17-30-52(50)58(4)47-26-18-23-44(37-47)45-31-32-49-48-27-14-16-29-51(48)59(53(49)38-45)46-24-12-7-13-25-46/h5-35,37-38H,1,36H2,2-4H3. The molecule has 0 bridgehead atoms. The van der Waals surface area contributed by atoms with Crippen molar-refractivity contribution in [3.8, 4) is 16.8 Å². The molecule has 0 spiro atoms. The number of nitrogens with zero attached hydrogens (tertiary/aromatic N) is 4. The van der Waals surface area contributed by atoms with Gasteiger partial charge in [-0.15, -0.1) is 0 Å². The van der Waals surface area contributed by atoms with E-state index in [-0.39, 0.29) is 5.41 Å². The number of fused-ring (bicyclic) bond motifs is 3. The smallest absolute Gasteiger partial charge is 0.159 e. The third-order valence-corrected chi connectivity index (χ3v) is 11.6. The lowest BCUT2D eigenvalue weighted by molar-refractivity contribution is 0.598. The SMILES string of the molecule is C=C(N=C(N=C(C)c1ccccc1)C1=CCC(C)(c2ccccc2N(C)c2cccc(-c3ccc4c5ccccc5n(-c5ccccc5)c4c3)c2)C=C1)c1ccccc1. The Bertz CT molecular complexity index is 2950. The summed E-state index contributed by atoms with van der Waals surface area (Å²) in [6.45, 7) is 8.68. The van der Waals surface area contributed by atoms with E-state index in [4.69, 9.17) is 9.98 Å². The fourth-order valence-corrected chi connectivity index (χ4v) is 8.26. The summed E-state index contributed by atoms with van der Waals surface area (Å²) in [6, 6.07) is 64.2. The molecule has 1 unspecified atom stereocenters. The van der Waals surface area contributed by atoms with Crippen LogP contribution in [0.25, 0.3) is 44.3 Å². The topological polar surface area (TPSA) is 32.9 Å². The Labute approximate surface area is 347 Å². The van der Waals surface area contributed by atoms with Crippen LogP contribution in [0.15, 0.2) is 222 Å². The van der Waals surface area contributed by atoms with Gasteiger partial charge in [0.25, 0.3) is 0 Å². The fourth-order valence-electron chi connectivity index (χ4n) is 8.26. The highest BCUT2D eigenvalue weighted by Crippen LogP contribution is 2.42. The van der Waals surface area contributed by atoms with Crippen LogP contribution in [-0.2, 0) is 5.41 Å². The molecule has 286 valence electrons. The van der Waals surface area contributed by atoms with Crippen molar-refractivity contribution >= 4 is 50.4 Å². The van der Waals surface area contributed by atoms with Gasteiger partial charge in [-0.3, -0.25) is 0 Å². The second kappa shape index (κ2) is 15.9. The predicted octanol–water partition coefficient (Wildman–Crippen LogP) is 13.9. The van der Waals surface area contributed by atoms with E-state index in [0.717, 1.165) is 45.9 Å². The maximum Gasteiger partial charge on any atom is 0.159 e. The summed E-state index contributed by atoms with van der Waals surface area (Å²) in [6.07, 6.45) is 7.57. The fraction of sp³-hybridized carbons (Fsp3) is 0.0909. The van der Waals surface area contributed by atoms with Gasteiger partial charge in [0.15, 0.2) is 5.84 Å². The van der Waals surface area contributed by atoms with Crippen LogP contribution < -0.4 is 4.90 Å². The summed E-state index contributed by atoms with van der Waals surface area (Å²) in [5, 5.41) is 2.51. The van der Waals surface area contributed by atoms with Crippen molar-refractivity contribution in [1.82, 2.24) is 4.57 Å². The minimum absolute atomic E-state index is 0.262. The lowest BCUT2D eigenvalue weighted by atomic mass is 9.75. The Hall–Kier alpha value is -7.30. The van der Waals surface area contributed by atoms with Crippen molar-refractivity contribution < 1.29 is 0 Å². The molecule has 0 saturated carbocycles. The highest BCUT2D eigenvalue weighted by molar-refractivity contribution is 6.14. The monoisotopic (exact) mass is 762 g/mol. The normalized spacial score (nSPS) is 15.7. The van der Waals surface area contributed by atoms with E-state index in [1.54, 1.807) is 0 Å². The van der Waals surface area contributed by atoms with Crippen molar-refractivity contribution in [2.24, 2.45) is 9.98 Å². The van der Waals surface area contributed by atoms with Gasteiger partial charge >= 0.3 is 0 Å². The second-order valence-corrected chi connectivity index (χ2v) is 15.5. The lowest BCUT2D eigenvalue weighted by Crippen LogP contribution is -2.25. The molecule has 0 fully saturated rings. The molecule has 1 heterocycles. The summed E-state index contributed by atoms with van der Waals surface area (Å²) in [7, 11) is 2.17. The molecule has 0 saturated heterocycles. The van der Waals surface area contributed by atoms with Crippen LogP contribution in [0.1, 0.15) is 37.0 Å². The quantitative estimate of drug-likeness (QED) is 0.106. The Kier molecular flexibility index (Phi) is 10.1. The van der Waals surface area contributed by atoms with E-state index in [0.29, 0.717) is 11.5 Å². The van der Waals surface area contributed by atoms with Crippen molar-refractivity contribution in [3.05, 3.63) is 229 Å². The summed E-state index contributed by atoms with van der Waals surface area (Å²) >= 11 is 0. The highest BCUT2D eigenvalue weighted by atomic mass is 15.1. The summed E-state index contributed by atoms with van der Waals surface area (Å²) in [4.78, 5) is 12.4. The van der Waals surface area contributed by atoms with Crippen molar-refractivity contribution in [3.63, 3.8) is 0 Å². The second-order valence-electron chi connectivity index (χ2n) is 15.5. The van der Waals surface area contributed by atoms with Crippen LogP contribution in [0.5, 0.6) is 0 Å². The van der Waals surface area contributed by atoms with Crippen LogP contribution in [0.2, 0.25) is 0 Å². The molecule has 1 aromatic heterocycles. The van der Waals surface area contributed by atoms with E-state index in [9.17, 15) is 0 Å². The molecule has 59 heavy (non-hydrogen) atoms. The third-order valence-electron chi connectivity index (χ3n) is 11.6. The number of benzene rings is 7. The third kappa shape index (κ3) is 7.37. The number of hydrogen-bond acceptors (Lipinski definition) is 2. The maximum absolute atomic E-state index is 5.10. The first-order valence-electron chi connectivity index (χ1n) is 20.2. The number of rotatable bonds is 9. The first-order valence-corrected chi connectivity index (χ1v) is 20.2. The number of para-hydroxylation sites is 3. The van der Waals surface area contributed by atoms with Gasteiger partial charge in [-0.2, -0.15) is 0 Å². The highest BCUT2D eigenvalue weighted by Gasteiger charge is 2.30. The van der Waals surface area contributed by atoms with E-state index in [1.165, 1.54) is 38.5 Å². The Morgan fingerprint density at radius 1 is 0.627 bits per heavy atom. The molecular weight excluding hydrogens is 717 g/mol. The minimum atomic E-state index is -0.262. The van der Waals surface area contributed by atoms with Crippen LogP contribution in [0, 0.1) is 0 Å².